The molecule has 0 bridgehead atoms. The largest absolute Gasteiger partial charge is 0.357 e. The molecule has 1 saturated heterocycles. The van der Waals surface area contributed by atoms with Gasteiger partial charge in [-0.2, -0.15) is 0 Å². The first-order valence-corrected chi connectivity index (χ1v) is 10.7. The first kappa shape index (κ1) is 21.6. The quantitative estimate of drug-likeness (QED) is 0.339. The fourth-order valence-corrected chi connectivity index (χ4v) is 4.69. The van der Waals surface area contributed by atoms with E-state index in [0.29, 0.717) is 12.6 Å². The van der Waals surface area contributed by atoms with Gasteiger partial charge >= 0.3 is 0 Å². The highest BCUT2D eigenvalue weighted by Crippen LogP contribution is 2.27. The molecule has 144 valence electrons. The van der Waals surface area contributed by atoms with E-state index in [1.165, 1.54) is 35.7 Å². The number of thiophene rings is 1. The number of nitrogens with zero attached hydrogens (tertiary/aromatic N) is 3. The second kappa shape index (κ2) is 11.2. The molecule has 1 aliphatic heterocycles. The van der Waals surface area contributed by atoms with Crippen LogP contribution in [0.4, 0.5) is 0 Å². The van der Waals surface area contributed by atoms with Crippen molar-refractivity contribution in [3.63, 3.8) is 0 Å². The monoisotopic (exact) mass is 505 g/mol. The van der Waals surface area contributed by atoms with E-state index in [1.54, 1.807) is 11.3 Å². The second-order valence-corrected chi connectivity index (χ2v) is 8.49. The van der Waals surface area contributed by atoms with Crippen LogP contribution in [0, 0.1) is 6.92 Å². The summed E-state index contributed by atoms with van der Waals surface area (Å²) in [7, 11) is 0. The lowest BCUT2D eigenvalue weighted by Crippen LogP contribution is -2.42. The third-order valence-electron chi connectivity index (χ3n) is 4.32. The van der Waals surface area contributed by atoms with Crippen LogP contribution in [0.2, 0.25) is 0 Å². The van der Waals surface area contributed by atoms with Gasteiger partial charge in [-0.1, -0.05) is 6.07 Å². The molecule has 1 atom stereocenters. The number of thiazole rings is 1. The number of aryl methyl sites for hydroxylation is 1. The molecular weight excluding hydrogens is 477 g/mol. The van der Waals surface area contributed by atoms with E-state index in [4.69, 9.17) is 4.99 Å². The molecule has 1 fully saturated rings. The van der Waals surface area contributed by atoms with E-state index in [1.807, 2.05) is 24.5 Å². The molecule has 3 rings (SSSR count). The van der Waals surface area contributed by atoms with Crippen LogP contribution < -0.4 is 10.6 Å². The van der Waals surface area contributed by atoms with Gasteiger partial charge in [0.2, 0.25) is 0 Å². The Bertz CT molecular complexity index is 665. The van der Waals surface area contributed by atoms with Crippen LogP contribution in [0.15, 0.2) is 28.7 Å². The molecular formula is C18H28IN5S2. The van der Waals surface area contributed by atoms with E-state index < -0.39 is 0 Å². The van der Waals surface area contributed by atoms with Crippen LogP contribution in [0.3, 0.4) is 0 Å². The van der Waals surface area contributed by atoms with Crippen LogP contribution in [0.5, 0.6) is 0 Å². The van der Waals surface area contributed by atoms with Crippen LogP contribution in [0.1, 0.15) is 40.6 Å². The number of rotatable bonds is 7. The number of guanidine groups is 1. The van der Waals surface area contributed by atoms with Crippen molar-refractivity contribution in [2.75, 3.05) is 26.2 Å². The van der Waals surface area contributed by atoms with Gasteiger partial charge in [0.15, 0.2) is 5.96 Å². The van der Waals surface area contributed by atoms with E-state index in [-0.39, 0.29) is 24.0 Å². The Labute approximate surface area is 181 Å². The molecule has 2 aromatic rings. The van der Waals surface area contributed by atoms with Crippen molar-refractivity contribution >= 4 is 52.6 Å². The topological polar surface area (TPSA) is 52.6 Å². The van der Waals surface area contributed by atoms with Crippen molar-refractivity contribution in [3.05, 3.63) is 38.5 Å². The summed E-state index contributed by atoms with van der Waals surface area (Å²) in [6.07, 6.45) is 4.53. The standard InChI is InChI=1S/C18H27N5S2.HI/c1-3-19-18(21-12-15-11-20-14(2)25-15)22-13-16(17-7-6-10-24-17)23-8-4-5-9-23;/h6-7,10-11,16H,3-5,8-9,12-13H2,1-2H3,(H2,19,21,22);1H. The Morgan fingerprint density at radius 3 is 2.77 bits per heavy atom. The molecule has 8 heteroatoms. The summed E-state index contributed by atoms with van der Waals surface area (Å²) in [6.45, 7) is 8.94. The Kier molecular flexibility index (Phi) is 9.30. The lowest BCUT2D eigenvalue weighted by Gasteiger charge is -2.27. The lowest BCUT2D eigenvalue weighted by atomic mass is 10.2. The van der Waals surface area contributed by atoms with Gasteiger partial charge in [-0.25, -0.2) is 9.98 Å². The number of hydrogen-bond donors (Lipinski definition) is 2. The molecule has 0 spiro atoms. The first-order valence-electron chi connectivity index (χ1n) is 8.97. The summed E-state index contributed by atoms with van der Waals surface area (Å²) in [5, 5.41) is 10.2. The third kappa shape index (κ3) is 6.17. The van der Waals surface area contributed by atoms with Gasteiger partial charge in [0.25, 0.3) is 0 Å². The Morgan fingerprint density at radius 1 is 1.35 bits per heavy atom. The molecule has 1 unspecified atom stereocenters. The van der Waals surface area contributed by atoms with E-state index >= 15 is 0 Å². The van der Waals surface area contributed by atoms with Crippen LogP contribution in [-0.4, -0.2) is 42.0 Å². The fourth-order valence-electron chi connectivity index (χ4n) is 3.11. The summed E-state index contributed by atoms with van der Waals surface area (Å²) in [6, 6.07) is 4.82. The smallest absolute Gasteiger partial charge is 0.191 e. The molecule has 0 aromatic carbocycles. The van der Waals surface area contributed by atoms with Gasteiger partial charge in [0.05, 0.1) is 17.6 Å². The van der Waals surface area contributed by atoms with Crippen LogP contribution >= 0.6 is 46.7 Å². The molecule has 1 aliphatic rings. The average Bonchev–Trinajstić information content (AvgIpc) is 3.36. The Hall–Kier alpha value is -0.710. The fraction of sp³-hybridized carbons (Fsp3) is 0.556. The summed E-state index contributed by atoms with van der Waals surface area (Å²) in [5.41, 5.74) is 0. The minimum absolute atomic E-state index is 0. The number of hydrogen-bond acceptors (Lipinski definition) is 5. The van der Waals surface area contributed by atoms with Gasteiger partial charge in [0.1, 0.15) is 0 Å². The highest BCUT2D eigenvalue weighted by atomic mass is 127. The summed E-state index contributed by atoms with van der Waals surface area (Å²) >= 11 is 3.56. The van der Waals surface area contributed by atoms with Gasteiger partial charge in [-0.05, 0) is 51.2 Å². The zero-order chi connectivity index (χ0) is 17.5. The van der Waals surface area contributed by atoms with Gasteiger partial charge in [-0.3, -0.25) is 4.90 Å². The van der Waals surface area contributed by atoms with E-state index in [0.717, 1.165) is 24.1 Å². The molecule has 3 heterocycles. The maximum absolute atomic E-state index is 4.73. The van der Waals surface area contributed by atoms with Crippen molar-refractivity contribution in [1.82, 2.24) is 20.5 Å². The molecule has 0 amide bonds. The zero-order valence-electron chi connectivity index (χ0n) is 15.4. The number of aromatic nitrogens is 1. The van der Waals surface area contributed by atoms with Crippen molar-refractivity contribution in [3.8, 4) is 0 Å². The van der Waals surface area contributed by atoms with Crippen LogP contribution in [0.25, 0.3) is 0 Å². The predicted molar refractivity (Wildman–Crippen MR) is 123 cm³/mol. The van der Waals surface area contributed by atoms with Crippen molar-refractivity contribution in [1.29, 1.82) is 0 Å². The molecule has 0 radical (unpaired) electrons. The normalized spacial score (nSPS) is 16.3. The van der Waals surface area contributed by atoms with Crippen LogP contribution in [-0.2, 0) is 6.54 Å². The SMILES string of the molecule is CCNC(=NCc1cnc(C)s1)NCC(c1cccs1)N1CCCC1.I. The highest BCUT2D eigenvalue weighted by molar-refractivity contribution is 14.0. The lowest BCUT2D eigenvalue weighted by molar-refractivity contribution is 0.249. The van der Waals surface area contributed by atoms with Gasteiger partial charge < -0.3 is 10.6 Å². The third-order valence-corrected chi connectivity index (χ3v) is 6.19. The maximum atomic E-state index is 4.73. The number of halogens is 1. The van der Waals surface area contributed by atoms with Crippen molar-refractivity contribution < 1.29 is 0 Å². The maximum Gasteiger partial charge on any atom is 0.191 e. The molecule has 2 N–H and O–H groups in total. The predicted octanol–water partition coefficient (Wildman–Crippen LogP) is 4.02. The molecule has 0 aliphatic carbocycles. The summed E-state index contributed by atoms with van der Waals surface area (Å²) in [5.74, 6) is 0.884. The van der Waals surface area contributed by atoms with Crippen molar-refractivity contribution in [2.45, 2.75) is 39.3 Å². The Balaban J connectivity index is 0.00000243. The molecule has 0 saturated carbocycles. The molecule has 5 nitrogen and oxygen atoms in total. The molecule has 26 heavy (non-hydrogen) atoms. The summed E-state index contributed by atoms with van der Waals surface area (Å²) in [4.78, 5) is 14.3. The Morgan fingerprint density at radius 2 is 2.15 bits per heavy atom. The first-order chi connectivity index (χ1) is 12.3. The zero-order valence-corrected chi connectivity index (χ0v) is 19.4. The van der Waals surface area contributed by atoms with E-state index in [2.05, 4.69) is 45.0 Å². The van der Waals surface area contributed by atoms with Crippen molar-refractivity contribution in [2.24, 2.45) is 4.99 Å². The number of nitrogens with one attached hydrogen (secondary N) is 2. The highest BCUT2D eigenvalue weighted by Gasteiger charge is 2.24. The number of likely N-dealkylation sites (tertiary alicyclic amines) is 1. The van der Waals surface area contributed by atoms with Gasteiger partial charge in [-0.15, -0.1) is 46.7 Å². The minimum atomic E-state index is 0. The van der Waals surface area contributed by atoms with Gasteiger partial charge in [0, 0.05) is 29.0 Å². The average molecular weight is 505 g/mol. The molecule has 2 aromatic heterocycles. The number of aliphatic imine (C=N–C) groups is 1. The van der Waals surface area contributed by atoms with E-state index in [9.17, 15) is 0 Å². The summed E-state index contributed by atoms with van der Waals surface area (Å²) < 4.78 is 0. The second-order valence-electron chi connectivity index (χ2n) is 6.20. The minimum Gasteiger partial charge on any atom is -0.357 e.